The van der Waals surface area contributed by atoms with Crippen LogP contribution >= 0.6 is 23.2 Å². The van der Waals surface area contributed by atoms with Gasteiger partial charge in [0.2, 0.25) is 0 Å². The number of ether oxygens (including phenoxy) is 1. The number of nitrogen functional groups attached to an aromatic ring is 1. The van der Waals surface area contributed by atoms with Crippen LogP contribution in [0.2, 0.25) is 10.0 Å². The largest absolute Gasteiger partial charge is 0.459 e. The average Bonchev–Trinajstić information content (AvgIpc) is 2.34. The van der Waals surface area contributed by atoms with Gasteiger partial charge in [-0.25, -0.2) is 4.79 Å². The standard InChI is InChI=1S/C14H17Cl2NO2/c1-8-3-2-4-9(7-8)19-14(18)12-10(15)5-6-11(16)13(12)17/h5-6,8-9H,2-4,7,17H2,1H3. The van der Waals surface area contributed by atoms with Gasteiger partial charge in [-0.15, -0.1) is 0 Å². The highest BCUT2D eigenvalue weighted by atomic mass is 35.5. The van der Waals surface area contributed by atoms with E-state index in [1.165, 1.54) is 6.42 Å². The Hall–Kier alpha value is -0.930. The lowest BCUT2D eigenvalue weighted by molar-refractivity contribution is 0.0156. The summed E-state index contributed by atoms with van der Waals surface area (Å²) >= 11 is 11.9. The molecule has 1 aromatic rings. The fraction of sp³-hybridized carbons (Fsp3) is 0.500. The van der Waals surface area contributed by atoms with Crippen molar-refractivity contribution in [3.63, 3.8) is 0 Å². The van der Waals surface area contributed by atoms with Gasteiger partial charge < -0.3 is 10.5 Å². The molecule has 0 aromatic heterocycles. The summed E-state index contributed by atoms with van der Waals surface area (Å²) in [6.45, 7) is 2.17. The molecule has 0 spiro atoms. The van der Waals surface area contributed by atoms with E-state index in [1.54, 1.807) is 12.1 Å². The zero-order valence-corrected chi connectivity index (χ0v) is 12.3. The molecule has 0 saturated heterocycles. The number of nitrogens with two attached hydrogens (primary N) is 1. The summed E-state index contributed by atoms with van der Waals surface area (Å²) in [5, 5.41) is 0.587. The summed E-state index contributed by atoms with van der Waals surface area (Å²) in [7, 11) is 0. The van der Waals surface area contributed by atoms with E-state index in [1.807, 2.05) is 0 Å². The molecule has 1 aliphatic rings. The van der Waals surface area contributed by atoms with E-state index in [-0.39, 0.29) is 22.4 Å². The summed E-state index contributed by atoms with van der Waals surface area (Å²) in [6.07, 6.45) is 4.01. The molecular formula is C14H17Cl2NO2. The third-order valence-corrected chi connectivity index (χ3v) is 4.15. The van der Waals surface area contributed by atoms with Crippen LogP contribution in [0.3, 0.4) is 0 Å². The quantitative estimate of drug-likeness (QED) is 0.654. The zero-order valence-electron chi connectivity index (χ0n) is 10.8. The highest BCUT2D eigenvalue weighted by molar-refractivity contribution is 6.38. The number of rotatable bonds is 2. The zero-order chi connectivity index (χ0) is 14.0. The Morgan fingerprint density at radius 1 is 1.32 bits per heavy atom. The van der Waals surface area contributed by atoms with Crippen molar-refractivity contribution in [1.29, 1.82) is 0 Å². The minimum absolute atomic E-state index is 0.0503. The Morgan fingerprint density at radius 2 is 2.00 bits per heavy atom. The van der Waals surface area contributed by atoms with Gasteiger partial charge in [0.1, 0.15) is 11.7 Å². The lowest BCUT2D eigenvalue weighted by Crippen LogP contribution is -2.25. The maximum atomic E-state index is 12.2. The van der Waals surface area contributed by atoms with E-state index in [0.717, 1.165) is 19.3 Å². The lowest BCUT2D eigenvalue weighted by Gasteiger charge is -2.26. The number of carbonyl (C=O) groups is 1. The molecule has 19 heavy (non-hydrogen) atoms. The van der Waals surface area contributed by atoms with Crippen LogP contribution in [0.25, 0.3) is 0 Å². The lowest BCUT2D eigenvalue weighted by atomic mass is 9.89. The molecule has 1 aliphatic carbocycles. The van der Waals surface area contributed by atoms with Gasteiger partial charge in [0.05, 0.1) is 15.7 Å². The van der Waals surface area contributed by atoms with Crippen LogP contribution in [0.4, 0.5) is 5.69 Å². The van der Waals surface area contributed by atoms with Crippen molar-refractivity contribution in [3.05, 3.63) is 27.7 Å². The molecule has 2 rings (SSSR count). The monoisotopic (exact) mass is 301 g/mol. The van der Waals surface area contributed by atoms with Crippen LogP contribution in [-0.2, 0) is 4.74 Å². The van der Waals surface area contributed by atoms with Crippen molar-refractivity contribution in [2.24, 2.45) is 5.92 Å². The number of anilines is 1. The first-order chi connectivity index (χ1) is 8.99. The highest BCUT2D eigenvalue weighted by Gasteiger charge is 2.25. The number of carbonyl (C=O) groups excluding carboxylic acids is 1. The third-order valence-electron chi connectivity index (χ3n) is 3.51. The number of esters is 1. The molecular weight excluding hydrogens is 285 g/mol. The topological polar surface area (TPSA) is 52.3 Å². The van der Waals surface area contributed by atoms with Crippen molar-refractivity contribution >= 4 is 34.9 Å². The normalized spacial score (nSPS) is 23.1. The van der Waals surface area contributed by atoms with E-state index in [2.05, 4.69) is 6.92 Å². The van der Waals surface area contributed by atoms with Crippen LogP contribution in [0, 0.1) is 5.92 Å². The molecule has 5 heteroatoms. The van der Waals surface area contributed by atoms with Crippen LogP contribution in [0.1, 0.15) is 43.0 Å². The minimum Gasteiger partial charge on any atom is -0.459 e. The predicted molar refractivity (Wildman–Crippen MR) is 77.7 cm³/mol. The molecule has 1 saturated carbocycles. The Kier molecular flexibility index (Phi) is 4.58. The van der Waals surface area contributed by atoms with E-state index in [9.17, 15) is 4.79 Å². The molecule has 2 atom stereocenters. The molecule has 0 radical (unpaired) electrons. The Morgan fingerprint density at radius 3 is 2.68 bits per heavy atom. The van der Waals surface area contributed by atoms with E-state index in [0.29, 0.717) is 10.9 Å². The van der Waals surface area contributed by atoms with Gasteiger partial charge in [-0.2, -0.15) is 0 Å². The van der Waals surface area contributed by atoms with E-state index >= 15 is 0 Å². The first-order valence-electron chi connectivity index (χ1n) is 6.43. The number of halogens is 2. The maximum absolute atomic E-state index is 12.2. The fourth-order valence-electron chi connectivity index (χ4n) is 2.47. The maximum Gasteiger partial charge on any atom is 0.342 e. The summed E-state index contributed by atoms with van der Waals surface area (Å²) in [4.78, 5) is 12.2. The van der Waals surface area contributed by atoms with Crippen molar-refractivity contribution in [2.75, 3.05) is 5.73 Å². The Bertz CT molecular complexity index is 491. The smallest absolute Gasteiger partial charge is 0.342 e. The average molecular weight is 302 g/mol. The molecule has 0 bridgehead atoms. The summed E-state index contributed by atoms with van der Waals surface area (Å²) in [6, 6.07) is 3.12. The summed E-state index contributed by atoms with van der Waals surface area (Å²) in [5.41, 5.74) is 6.16. The van der Waals surface area contributed by atoms with Gasteiger partial charge >= 0.3 is 5.97 Å². The van der Waals surface area contributed by atoms with E-state index < -0.39 is 5.97 Å². The van der Waals surface area contributed by atoms with Crippen molar-refractivity contribution in [3.8, 4) is 0 Å². The SMILES string of the molecule is CC1CCCC(OC(=O)c2c(Cl)ccc(Cl)c2N)C1. The highest BCUT2D eigenvalue weighted by Crippen LogP contribution is 2.32. The fourth-order valence-corrected chi connectivity index (χ4v) is 2.87. The third kappa shape index (κ3) is 3.34. The van der Waals surface area contributed by atoms with Gasteiger partial charge in [0.25, 0.3) is 0 Å². The summed E-state index contributed by atoms with van der Waals surface area (Å²) in [5.74, 6) is 0.0998. The molecule has 2 unspecified atom stereocenters. The van der Waals surface area contributed by atoms with Crippen molar-refractivity contribution in [1.82, 2.24) is 0 Å². The number of hydrogen-bond acceptors (Lipinski definition) is 3. The van der Waals surface area contributed by atoms with Crippen LogP contribution in [-0.4, -0.2) is 12.1 Å². The molecule has 1 fully saturated rings. The second-order valence-corrected chi connectivity index (χ2v) is 5.93. The molecule has 2 N–H and O–H groups in total. The van der Waals surface area contributed by atoms with Crippen LogP contribution in [0.15, 0.2) is 12.1 Å². The predicted octanol–water partition coefficient (Wildman–Crippen LogP) is 4.31. The number of benzene rings is 1. The molecule has 3 nitrogen and oxygen atoms in total. The van der Waals surface area contributed by atoms with E-state index in [4.69, 9.17) is 33.7 Å². The second-order valence-electron chi connectivity index (χ2n) is 5.12. The first kappa shape index (κ1) is 14.5. The molecule has 0 aliphatic heterocycles. The van der Waals surface area contributed by atoms with Gasteiger partial charge in [-0.3, -0.25) is 0 Å². The molecule has 0 amide bonds. The first-order valence-corrected chi connectivity index (χ1v) is 7.19. The van der Waals surface area contributed by atoms with Crippen molar-refractivity contribution in [2.45, 2.75) is 38.7 Å². The molecule has 0 heterocycles. The van der Waals surface area contributed by atoms with Gasteiger partial charge in [-0.05, 0) is 37.3 Å². The minimum atomic E-state index is -0.482. The van der Waals surface area contributed by atoms with Gasteiger partial charge in [0.15, 0.2) is 0 Å². The van der Waals surface area contributed by atoms with Crippen LogP contribution in [0.5, 0.6) is 0 Å². The molecule has 104 valence electrons. The van der Waals surface area contributed by atoms with Gasteiger partial charge in [-0.1, -0.05) is 36.5 Å². The van der Waals surface area contributed by atoms with Gasteiger partial charge in [0, 0.05) is 0 Å². The number of hydrogen-bond donors (Lipinski definition) is 1. The second kappa shape index (κ2) is 6.02. The Balaban J connectivity index is 2.14. The summed E-state index contributed by atoms with van der Waals surface area (Å²) < 4.78 is 5.50. The molecule has 1 aromatic carbocycles. The van der Waals surface area contributed by atoms with Crippen LogP contribution < -0.4 is 5.73 Å². The van der Waals surface area contributed by atoms with Crippen molar-refractivity contribution < 1.29 is 9.53 Å². The Labute approximate surface area is 123 Å².